The van der Waals surface area contributed by atoms with Gasteiger partial charge in [0.15, 0.2) is 0 Å². The first kappa shape index (κ1) is 18.7. The van der Waals surface area contributed by atoms with Crippen molar-refractivity contribution >= 4 is 27.8 Å². The summed E-state index contributed by atoms with van der Waals surface area (Å²) in [5.74, 6) is 0.304. The molecule has 0 aliphatic heterocycles. The molecule has 4 rings (SSSR count). The Morgan fingerprint density at radius 3 is 2.31 bits per heavy atom. The van der Waals surface area contributed by atoms with E-state index in [-0.39, 0.29) is 5.56 Å². The van der Waals surface area contributed by atoms with Crippen LogP contribution in [0.3, 0.4) is 0 Å². The quantitative estimate of drug-likeness (QED) is 0.476. The van der Waals surface area contributed by atoms with Gasteiger partial charge in [0.1, 0.15) is 11.5 Å². The van der Waals surface area contributed by atoms with Crippen LogP contribution in [0, 0.1) is 13.8 Å². The third-order valence-corrected chi connectivity index (χ3v) is 5.34. The van der Waals surface area contributed by atoms with Crippen molar-refractivity contribution in [1.82, 2.24) is 4.98 Å². The molecule has 0 aliphatic rings. The highest BCUT2D eigenvalue weighted by Gasteiger charge is 2.24. The summed E-state index contributed by atoms with van der Waals surface area (Å²) in [5, 5.41) is 11.3. The molecule has 0 saturated heterocycles. The number of rotatable bonds is 4. The second kappa shape index (κ2) is 7.09. The number of aryl methyl sites for hydroxylation is 1. The average molecular weight is 387 g/mol. The molecule has 0 fully saturated rings. The molecule has 0 amide bonds. The van der Waals surface area contributed by atoms with Crippen molar-refractivity contribution in [3.63, 3.8) is 0 Å². The Hall–Kier alpha value is -3.60. The van der Waals surface area contributed by atoms with Crippen molar-refractivity contribution in [1.29, 1.82) is 0 Å². The summed E-state index contributed by atoms with van der Waals surface area (Å²) in [4.78, 5) is 17.3. The summed E-state index contributed by atoms with van der Waals surface area (Å²) in [5.41, 5.74) is 4.97. The summed E-state index contributed by atoms with van der Waals surface area (Å²) in [6.07, 6.45) is 0. The van der Waals surface area contributed by atoms with Gasteiger partial charge in [-0.2, -0.15) is 0 Å². The number of pyridine rings is 1. The molecular formula is C24H21NO4. The summed E-state index contributed by atoms with van der Waals surface area (Å²) in [7, 11) is 3.19. The molecule has 1 heterocycles. The van der Waals surface area contributed by atoms with Crippen molar-refractivity contribution in [2.24, 2.45) is 0 Å². The van der Waals surface area contributed by atoms with Crippen LogP contribution in [-0.2, 0) is 0 Å². The fourth-order valence-corrected chi connectivity index (χ4v) is 4.09. The number of fused-ring (bicyclic) bond motifs is 2. The van der Waals surface area contributed by atoms with Gasteiger partial charge in [0, 0.05) is 33.5 Å². The van der Waals surface area contributed by atoms with Gasteiger partial charge in [0.2, 0.25) is 0 Å². The second-order valence-corrected chi connectivity index (χ2v) is 6.92. The third kappa shape index (κ3) is 2.86. The predicted molar refractivity (Wildman–Crippen MR) is 114 cm³/mol. The maximum absolute atomic E-state index is 12.4. The fraction of sp³-hybridized carbons (Fsp3) is 0.167. The summed E-state index contributed by atoms with van der Waals surface area (Å²) >= 11 is 0. The number of aromatic carboxylic acids is 1. The Morgan fingerprint density at radius 1 is 0.966 bits per heavy atom. The Morgan fingerprint density at radius 2 is 1.69 bits per heavy atom. The molecule has 1 aromatic heterocycles. The fourth-order valence-electron chi connectivity index (χ4n) is 4.09. The van der Waals surface area contributed by atoms with Gasteiger partial charge in [-0.1, -0.05) is 30.3 Å². The van der Waals surface area contributed by atoms with Crippen molar-refractivity contribution in [3.8, 4) is 22.6 Å². The van der Waals surface area contributed by atoms with Gasteiger partial charge >= 0.3 is 5.97 Å². The first-order chi connectivity index (χ1) is 14.0. The molecule has 5 nitrogen and oxygen atoms in total. The molecule has 1 N–H and O–H groups in total. The monoisotopic (exact) mass is 387 g/mol. The Kier molecular flexibility index (Phi) is 4.59. The predicted octanol–water partition coefficient (Wildman–Crippen LogP) is 5.39. The van der Waals surface area contributed by atoms with E-state index in [4.69, 9.17) is 14.5 Å². The lowest BCUT2D eigenvalue weighted by molar-refractivity contribution is 0.0701. The highest BCUT2D eigenvalue weighted by atomic mass is 16.5. The molecule has 29 heavy (non-hydrogen) atoms. The largest absolute Gasteiger partial charge is 0.497 e. The molecule has 0 saturated carbocycles. The van der Waals surface area contributed by atoms with E-state index in [9.17, 15) is 9.90 Å². The first-order valence-corrected chi connectivity index (χ1v) is 9.25. The van der Waals surface area contributed by atoms with Crippen LogP contribution in [0.25, 0.3) is 32.9 Å². The van der Waals surface area contributed by atoms with E-state index in [1.165, 1.54) is 0 Å². The SMILES string of the molecule is COc1ccc2c(C(=O)O)c3c(C)c(OC)c(C)c(-c4ccccc4)c3nc2c1. The molecule has 0 radical (unpaired) electrons. The van der Waals surface area contributed by atoms with Crippen LogP contribution in [0.2, 0.25) is 0 Å². The molecule has 0 aliphatic carbocycles. The van der Waals surface area contributed by atoms with E-state index in [1.807, 2.05) is 44.2 Å². The van der Waals surface area contributed by atoms with Crippen LogP contribution in [-0.4, -0.2) is 30.3 Å². The zero-order valence-electron chi connectivity index (χ0n) is 16.7. The van der Waals surface area contributed by atoms with Crippen LogP contribution in [0.15, 0.2) is 48.5 Å². The van der Waals surface area contributed by atoms with Gasteiger partial charge in [0.05, 0.1) is 30.8 Å². The standard InChI is InChI=1S/C24H21NO4/c1-13-19(15-8-6-5-7-9-15)22-20(14(2)23(13)29-4)21(24(26)27)17-11-10-16(28-3)12-18(17)25-22/h5-12H,1-4H3,(H,26,27). The van der Waals surface area contributed by atoms with Crippen molar-refractivity contribution < 1.29 is 19.4 Å². The lowest BCUT2D eigenvalue weighted by atomic mass is 9.89. The zero-order chi connectivity index (χ0) is 20.7. The van der Waals surface area contributed by atoms with E-state index in [0.29, 0.717) is 33.3 Å². The molecular weight excluding hydrogens is 366 g/mol. The third-order valence-electron chi connectivity index (χ3n) is 5.34. The molecule has 5 heteroatoms. The molecule has 0 bridgehead atoms. The summed E-state index contributed by atoms with van der Waals surface area (Å²) < 4.78 is 11.0. The number of aromatic nitrogens is 1. The van der Waals surface area contributed by atoms with E-state index < -0.39 is 5.97 Å². The lowest BCUT2D eigenvalue weighted by Gasteiger charge is -2.20. The van der Waals surface area contributed by atoms with E-state index in [0.717, 1.165) is 22.3 Å². The van der Waals surface area contributed by atoms with Gasteiger partial charge in [0.25, 0.3) is 0 Å². The lowest BCUT2D eigenvalue weighted by Crippen LogP contribution is -2.06. The highest BCUT2D eigenvalue weighted by molar-refractivity contribution is 6.18. The van der Waals surface area contributed by atoms with E-state index in [1.54, 1.807) is 32.4 Å². The minimum atomic E-state index is -0.999. The number of hydrogen-bond donors (Lipinski definition) is 1. The number of carboxylic acid groups (broad SMARTS) is 1. The molecule has 146 valence electrons. The van der Waals surface area contributed by atoms with Crippen LogP contribution < -0.4 is 9.47 Å². The minimum absolute atomic E-state index is 0.223. The number of ether oxygens (including phenoxy) is 2. The number of nitrogens with zero attached hydrogens (tertiary/aromatic N) is 1. The van der Waals surface area contributed by atoms with Gasteiger partial charge in [-0.05, 0) is 31.5 Å². The number of carbonyl (C=O) groups is 1. The normalized spacial score (nSPS) is 11.0. The second-order valence-electron chi connectivity index (χ2n) is 6.92. The van der Waals surface area contributed by atoms with Crippen LogP contribution in [0.4, 0.5) is 0 Å². The van der Waals surface area contributed by atoms with Gasteiger partial charge in [-0.15, -0.1) is 0 Å². The maximum atomic E-state index is 12.4. The Balaban J connectivity index is 2.30. The summed E-state index contributed by atoms with van der Waals surface area (Å²) in [6.45, 7) is 3.86. The minimum Gasteiger partial charge on any atom is -0.497 e. The van der Waals surface area contributed by atoms with Crippen LogP contribution in [0.1, 0.15) is 21.5 Å². The summed E-state index contributed by atoms with van der Waals surface area (Å²) in [6, 6.07) is 15.1. The smallest absolute Gasteiger partial charge is 0.337 e. The van der Waals surface area contributed by atoms with Gasteiger partial charge in [-0.3, -0.25) is 0 Å². The van der Waals surface area contributed by atoms with E-state index in [2.05, 4.69) is 0 Å². The molecule has 0 spiro atoms. The van der Waals surface area contributed by atoms with Crippen LogP contribution >= 0.6 is 0 Å². The zero-order valence-corrected chi connectivity index (χ0v) is 16.7. The molecule has 0 unspecified atom stereocenters. The highest BCUT2D eigenvalue weighted by Crippen LogP contribution is 2.43. The number of hydrogen-bond acceptors (Lipinski definition) is 4. The molecule has 4 aromatic rings. The van der Waals surface area contributed by atoms with Crippen molar-refractivity contribution in [2.45, 2.75) is 13.8 Å². The maximum Gasteiger partial charge on any atom is 0.337 e. The van der Waals surface area contributed by atoms with E-state index >= 15 is 0 Å². The number of benzene rings is 3. The molecule has 0 atom stereocenters. The topological polar surface area (TPSA) is 68.7 Å². The average Bonchev–Trinajstić information content (AvgIpc) is 2.72. The van der Waals surface area contributed by atoms with Crippen molar-refractivity contribution in [3.05, 3.63) is 65.2 Å². The van der Waals surface area contributed by atoms with Crippen molar-refractivity contribution in [2.75, 3.05) is 14.2 Å². The first-order valence-electron chi connectivity index (χ1n) is 9.25. The van der Waals surface area contributed by atoms with Gasteiger partial charge < -0.3 is 14.6 Å². The number of carboxylic acids is 1. The number of methoxy groups -OCH3 is 2. The molecule has 3 aromatic carbocycles. The Bertz CT molecular complexity index is 1260. The van der Waals surface area contributed by atoms with Crippen LogP contribution in [0.5, 0.6) is 11.5 Å². The van der Waals surface area contributed by atoms with Gasteiger partial charge in [-0.25, -0.2) is 9.78 Å². The Labute approximate surface area is 168 Å².